The van der Waals surface area contributed by atoms with Gasteiger partial charge in [0.25, 0.3) is 0 Å². The highest BCUT2D eigenvalue weighted by atomic mass is 16.4. The third-order valence-corrected chi connectivity index (χ3v) is 6.99. The van der Waals surface area contributed by atoms with Crippen LogP contribution in [0.2, 0.25) is 0 Å². The van der Waals surface area contributed by atoms with Gasteiger partial charge in [-0.25, -0.2) is 4.79 Å². The highest BCUT2D eigenvalue weighted by molar-refractivity contribution is 6.00. The summed E-state index contributed by atoms with van der Waals surface area (Å²) in [6.45, 7) is 6.90. The minimum atomic E-state index is -1.22. The summed E-state index contributed by atoms with van der Waals surface area (Å²) in [4.78, 5) is 49.3. The Bertz CT molecular complexity index is 1650. The number of carbonyl (C=O) groups excluding carboxylic acids is 2. The molecule has 0 fully saturated rings. The molecular weight excluding hydrogens is 504 g/mol. The van der Waals surface area contributed by atoms with Crippen molar-refractivity contribution in [1.82, 2.24) is 10.6 Å². The number of aromatic hydroxyl groups is 1. The van der Waals surface area contributed by atoms with E-state index in [0.29, 0.717) is 27.9 Å². The number of aryl methyl sites for hydroxylation is 4. The number of phenols is 1. The van der Waals surface area contributed by atoms with Crippen molar-refractivity contribution in [2.45, 2.75) is 53.0 Å². The second kappa shape index (κ2) is 11.0. The van der Waals surface area contributed by atoms with Gasteiger partial charge in [-0.05, 0) is 69.0 Å². The quantitative estimate of drug-likeness (QED) is 0.238. The van der Waals surface area contributed by atoms with E-state index >= 15 is 0 Å². The van der Waals surface area contributed by atoms with Crippen molar-refractivity contribution in [1.29, 1.82) is 0 Å². The third-order valence-electron chi connectivity index (χ3n) is 6.99. The standard InChI is InChI=1S/C29H30N2O8/c1-14-17(4)38-26-16(3)27-22(12-21(14)26)15(2)20(29(37)39-27)9-10-24(33)31-23(28(36)30-13-25(34)35)11-18-5-7-19(32)8-6-18/h5-8,12,23,32H,9-11,13H2,1-4H3,(H,30,36)(H,31,33)(H,34,35). The molecular formula is C29H30N2O8. The maximum atomic E-state index is 12.9. The van der Waals surface area contributed by atoms with Gasteiger partial charge < -0.3 is 29.7 Å². The number of rotatable bonds is 9. The first-order valence-electron chi connectivity index (χ1n) is 12.5. The van der Waals surface area contributed by atoms with Crippen LogP contribution in [0.4, 0.5) is 0 Å². The van der Waals surface area contributed by atoms with Gasteiger partial charge in [0, 0.05) is 34.7 Å². The molecule has 2 amide bonds. The maximum Gasteiger partial charge on any atom is 0.339 e. The van der Waals surface area contributed by atoms with Gasteiger partial charge in [-0.15, -0.1) is 0 Å². The first-order valence-corrected chi connectivity index (χ1v) is 12.5. The Morgan fingerprint density at radius 3 is 2.23 bits per heavy atom. The van der Waals surface area contributed by atoms with Crippen LogP contribution in [0.25, 0.3) is 21.9 Å². The van der Waals surface area contributed by atoms with E-state index in [9.17, 15) is 24.3 Å². The number of carboxylic acids is 1. The SMILES string of the molecule is Cc1oc2c(C)c3oc(=O)c(CCC(=O)NC(Cc4ccc(O)cc4)C(=O)NCC(=O)O)c(C)c3cc2c1C. The molecule has 0 bridgehead atoms. The summed E-state index contributed by atoms with van der Waals surface area (Å²) in [5, 5.41) is 25.0. The van der Waals surface area contributed by atoms with E-state index in [1.807, 2.05) is 33.8 Å². The molecule has 4 N–H and O–H groups in total. The average molecular weight is 535 g/mol. The number of carboxylic acid groups (broad SMARTS) is 1. The number of hydrogen-bond acceptors (Lipinski definition) is 7. The normalized spacial score (nSPS) is 12.0. The van der Waals surface area contributed by atoms with Gasteiger partial charge in [0.05, 0.1) is 0 Å². The van der Waals surface area contributed by atoms with Crippen LogP contribution in [-0.4, -0.2) is 40.6 Å². The van der Waals surface area contributed by atoms with E-state index in [4.69, 9.17) is 13.9 Å². The molecule has 10 heteroatoms. The van der Waals surface area contributed by atoms with Crippen molar-refractivity contribution >= 4 is 39.7 Å². The Morgan fingerprint density at radius 2 is 1.56 bits per heavy atom. The highest BCUT2D eigenvalue weighted by Gasteiger charge is 2.23. The van der Waals surface area contributed by atoms with Crippen molar-refractivity contribution in [2.75, 3.05) is 6.54 Å². The lowest BCUT2D eigenvalue weighted by Crippen LogP contribution is -2.49. The summed E-state index contributed by atoms with van der Waals surface area (Å²) in [5.41, 5.74) is 4.02. The van der Waals surface area contributed by atoms with Gasteiger partial charge in [-0.1, -0.05) is 12.1 Å². The molecule has 2 heterocycles. The van der Waals surface area contributed by atoms with Crippen LogP contribution in [0.5, 0.6) is 5.75 Å². The van der Waals surface area contributed by atoms with Crippen molar-refractivity contribution in [3.05, 3.63) is 74.3 Å². The number of furan rings is 1. The van der Waals surface area contributed by atoms with Crippen molar-refractivity contribution in [3.63, 3.8) is 0 Å². The summed E-state index contributed by atoms with van der Waals surface area (Å²) in [6.07, 6.45) is 0.0624. The summed E-state index contributed by atoms with van der Waals surface area (Å²) in [6, 6.07) is 6.99. The minimum Gasteiger partial charge on any atom is -0.508 e. The van der Waals surface area contributed by atoms with E-state index in [1.54, 1.807) is 12.1 Å². The lowest BCUT2D eigenvalue weighted by Gasteiger charge is -2.18. The maximum absolute atomic E-state index is 12.9. The first-order chi connectivity index (χ1) is 18.5. The molecule has 0 aliphatic carbocycles. The molecule has 0 spiro atoms. The van der Waals surface area contributed by atoms with Gasteiger partial charge in [0.1, 0.15) is 35.3 Å². The van der Waals surface area contributed by atoms with E-state index in [2.05, 4.69) is 10.6 Å². The number of nitrogens with one attached hydrogen (secondary N) is 2. The van der Waals surface area contributed by atoms with E-state index in [-0.39, 0.29) is 25.0 Å². The molecule has 204 valence electrons. The smallest absolute Gasteiger partial charge is 0.339 e. The molecule has 1 unspecified atom stereocenters. The van der Waals surface area contributed by atoms with E-state index < -0.39 is 36.0 Å². The Hall–Kier alpha value is -4.60. The zero-order valence-electron chi connectivity index (χ0n) is 22.1. The monoisotopic (exact) mass is 534 g/mol. The largest absolute Gasteiger partial charge is 0.508 e. The Balaban J connectivity index is 1.55. The van der Waals surface area contributed by atoms with Crippen molar-refractivity contribution in [2.24, 2.45) is 0 Å². The van der Waals surface area contributed by atoms with Crippen LogP contribution in [0.3, 0.4) is 0 Å². The Labute approximate surface area is 223 Å². The van der Waals surface area contributed by atoms with Crippen LogP contribution in [0, 0.1) is 27.7 Å². The molecule has 2 aromatic heterocycles. The number of phenolic OH excluding ortho intramolecular Hbond substituents is 1. The van der Waals surface area contributed by atoms with Crippen LogP contribution >= 0.6 is 0 Å². The predicted molar refractivity (Wildman–Crippen MR) is 144 cm³/mol. The molecule has 39 heavy (non-hydrogen) atoms. The van der Waals surface area contributed by atoms with Gasteiger partial charge >= 0.3 is 11.6 Å². The molecule has 2 aromatic carbocycles. The predicted octanol–water partition coefficient (Wildman–Crippen LogP) is 3.34. The number of benzene rings is 2. The molecule has 4 aromatic rings. The fraction of sp³-hybridized carbons (Fsp3) is 0.310. The summed E-state index contributed by atoms with van der Waals surface area (Å²) >= 11 is 0. The molecule has 0 saturated heterocycles. The number of amides is 2. The summed E-state index contributed by atoms with van der Waals surface area (Å²) in [5.74, 6) is -1.53. The third kappa shape index (κ3) is 5.79. The summed E-state index contributed by atoms with van der Waals surface area (Å²) in [7, 11) is 0. The van der Waals surface area contributed by atoms with Gasteiger partial charge in [-0.3, -0.25) is 14.4 Å². The molecule has 0 aliphatic heterocycles. The second-order valence-corrected chi connectivity index (χ2v) is 9.63. The minimum absolute atomic E-state index is 0.0493. The van der Waals surface area contributed by atoms with Crippen LogP contribution in [0.15, 0.2) is 44.0 Å². The molecule has 0 saturated carbocycles. The highest BCUT2D eigenvalue weighted by Crippen LogP contribution is 2.34. The van der Waals surface area contributed by atoms with Crippen molar-refractivity contribution < 1.29 is 33.4 Å². The number of fused-ring (bicyclic) bond motifs is 2. The average Bonchev–Trinajstić information content (AvgIpc) is 3.17. The molecule has 0 aliphatic rings. The molecule has 4 rings (SSSR count). The number of carbonyl (C=O) groups is 3. The first kappa shape index (κ1) is 27.4. The number of aliphatic carboxylic acids is 1. The number of hydrogen-bond donors (Lipinski definition) is 4. The van der Waals surface area contributed by atoms with Crippen LogP contribution in [0.1, 0.15) is 40.0 Å². The Morgan fingerprint density at radius 1 is 0.923 bits per heavy atom. The zero-order valence-corrected chi connectivity index (χ0v) is 22.1. The second-order valence-electron chi connectivity index (χ2n) is 9.63. The van der Waals surface area contributed by atoms with Gasteiger partial charge in [-0.2, -0.15) is 0 Å². The van der Waals surface area contributed by atoms with E-state index in [0.717, 1.165) is 27.7 Å². The van der Waals surface area contributed by atoms with Crippen LogP contribution < -0.4 is 16.3 Å². The lowest BCUT2D eigenvalue weighted by atomic mass is 9.98. The lowest BCUT2D eigenvalue weighted by molar-refractivity contribution is -0.138. The van der Waals surface area contributed by atoms with Gasteiger partial charge in [0.15, 0.2) is 0 Å². The summed E-state index contributed by atoms with van der Waals surface area (Å²) < 4.78 is 11.5. The van der Waals surface area contributed by atoms with Gasteiger partial charge in [0.2, 0.25) is 11.8 Å². The molecule has 10 nitrogen and oxygen atoms in total. The van der Waals surface area contributed by atoms with E-state index in [1.165, 1.54) is 12.1 Å². The molecule has 1 atom stereocenters. The van der Waals surface area contributed by atoms with Crippen molar-refractivity contribution in [3.8, 4) is 5.75 Å². The Kier molecular flexibility index (Phi) is 7.75. The fourth-order valence-corrected chi connectivity index (χ4v) is 4.65. The zero-order chi connectivity index (χ0) is 28.4. The topological polar surface area (TPSA) is 159 Å². The van der Waals surface area contributed by atoms with Crippen LogP contribution in [-0.2, 0) is 27.2 Å². The molecule has 0 radical (unpaired) electrons. The fourth-order valence-electron chi connectivity index (χ4n) is 4.65.